The summed E-state index contributed by atoms with van der Waals surface area (Å²) in [7, 11) is -2.02. The Morgan fingerprint density at radius 1 is 1.06 bits per heavy atom. The molecule has 10 heteroatoms. The molecule has 2 aromatic rings. The highest BCUT2D eigenvalue weighted by molar-refractivity contribution is 7.92. The van der Waals surface area contributed by atoms with Crippen molar-refractivity contribution in [3.05, 3.63) is 63.6 Å². The van der Waals surface area contributed by atoms with E-state index in [0.717, 1.165) is 17.4 Å². The van der Waals surface area contributed by atoms with Crippen molar-refractivity contribution in [2.45, 2.75) is 39.3 Å². The van der Waals surface area contributed by atoms with Crippen molar-refractivity contribution in [2.75, 3.05) is 24.2 Å². The molecule has 0 radical (unpaired) electrons. The van der Waals surface area contributed by atoms with Crippen molar-refractivity contribution in [2.24, 2.45) is 0 Å². The number of sulfonamides is 1. The van der Waals surface area contributed by atoms with Crippen LogP contribution in [0.3, 0.4) is 0 Å². The van der Waals surface area contributed by atoms with Gasteiger partial charge in [0.25, 0.3) is 0 Å². The number of likely N-dealkylation sites (N-methyl/N-ethyl adjacent to an activating group) is 1. The molecular formula is C23H29Cl2N3O4S. The standard InChI is InChI=1S/C23H29Cl2N3O4S/c1-16-7-10-19(11-8-16)28(33(4,31)32)13-5-6-22(29)27(17(2)23(30)26-3)15-18-9-12-20(24)21(25)14-18/h7-12,14,17H,5-6,13,15H2,1-4H3,(H,26,30)/t17-/m1/s1. The van der Waals surface area contributed by atoms with Gasteiger partial charge in [0.15, 0.2) is 0 Å². The molecule has 0 fully saturated rings. The molecule has 33 heavy (non-hydrogen) atoms. The third-order valence-corrected chi connectivity index (χ3v) is 7.16. The predicted octanol–water partition coefficient (Wildman–Crippen LogP) is 4.01. The van der Waals surface area contributed by atoms with Gasteiger partial charge in [-0.05, 0) is 50.1 Å². The molecule has 180 valence electrons. The van der Waals surface area contributed by atoms with E-state index in [1.165, 1.54) is 16.3 Å². The number of nitrogens with zero attached hydrogens (tertiary/aromatic N) is 2. The average Bonchev–Trinajstić information content (AvgIpc) is 2.76. The zero-order chi connectivity index (χ0) is 24.8. The Labute approximate surface area is 205 Å². The van der Waals surface area contributed by atoms with Crippen LogP contribution in [0.5, 0.6) is 0 Å². The Morgan fingerprint density at radius 2 is 1.70 bits per heavy atom. The van der Waals surface area contributed by atoms with E-state index in [2.05, 4.69) is 5.32 Å². The first-order valence-electron chi connectivity index (χ1n) is 10.4. The highest BCUT2D eigenvalue weighted by Gasteiger charge is 2.26. The van der Waals surface area contributed by atoms with Gasteiger partial charge in [-0.3, -0.25) is 13.9 Å². The Bertz CT molecular complexity index is 1090. The fraction of sp³-hybridized carbons (Fsp3) is 0.391. The van der Waals surface area contributed by atoms with E-state index >= 15 is 0 Å². The molecule has 0 heterocycles. The summed E-state index contributed by atoms with van der Waals surface area (Å²) in [6, 6.07) is 11.5. The van der Waals surface area contributed by atoms with E-state index in [1.807, 2.05) is 19.1 Å². The van der Waals surface area contributed by atoms with Crippen LogP contribution in [0.1, 0.15) is 30.9 Å². The first-order valence-corrected chi connectivity index (χ1v) is 13.0. The number of benzene rings is 2. The molecule has 0 spiro atoms. The van der Waals surface area contributed by atoms with Crippen LogP contribution < -0.4 is 9.62 Å². The molecule has 1 atom stereocenters. The molecule has 0 aliphatic carbocycles. The van der Waals surface area contributed by atoms with Crippen LogP contribution in [0.4, 0.5) is 5.69 Å². The molecule has 1 N–H and O–H groups in total. The zero-order valence-corrected chi connectivity index (χ0v) is 21.5. The minimum Gasteiger partial charge on any atom is -0.357 e. The fourth-order valence-corrected chi connectivity index (χ4v) is 4.63. The van der Waals surface area contributed by atoms with Gasteiger partial charge in [-0.25, -0.2) is 8.42 Å². The number of anilines is 1. The maximum Gasteiger partial charge on any atom is 0.242 e. The first kappa shape index (κ1) is 27.0. The molecule has 0 aliphatic rings. The van der Waals surface area contributed by atoms with E-state index in [-0.39, 0.29) is 37.7 Å². The van der Waals surface area contributed by atoms with Crippen molar-refractivity contribution in [3.63, 3.8) is 0 Å². The van der Waals surface area contributed by atoms with E-state index < -0.39 is 16.1 Å². The molecule has 0 aliphatic heterocycles. The Morgan fingerprint density at radius 3 is 2.24 bits per heavy atom. The number of amides is 2. The highest BCUT2D eigenvalue weighted by atomic mass is 35.5. The molecule has 0 unspecified atom stereocenters. The molecule has 2 aromatic carbocycles. The van der Waals surface area contributed by atoms with Crippen LogP contribution >= 0.6 is 23.2 Å². The summed E-state index contributed by atoms with van der Waals surface area (Å²) in [4.78, 5) is 26.8. The summed E-state index contributed by atoms with van der Waals surface area (Å²) in [5, 5.41) is 3.31. The summed E-state index contributed by atoms with van der Waals surface area (Å²) >= 11 is 12.1. The largest absolute Gasteiger partial charge is 0.357 e. The molecule has 0 aromatic heterocycles. The van der Waals surface area contributed by atoms with Crippen LogP contribution in [0.2, 0.25) is 10.0 Å². The van der Waals surface area contributed by atoms with E-state index in [1.54, 1.807) is 37.3 Å². The number of nitrogens with one attached hydrogen (secondary N) is 1. The van der Waals surface area contributed by atoms with Gasteiger partial charge in [0.1, 0.15) is 6.04 Å². The lowest BCUT2D eigenvalue weighted by atomic mass is 10.1. The number of carbonyl (C=O) groups excluding carboxylic acids is 2. The second-order valence-electron chi connectivity index (χ2n) is 7.83. The van der Waals surface area contributed by atoms with Crippen LogP contribution in [-0.2, 0) is 26.2 Å². The van der Waals surface area contributed by atoms with Crippen molar-refractivity contribution < 1.29 is 18.0 Å². The number of hydrogen-bond acceptors (Lipinski definition) is 4. The molecular weight excluding hydrogens is 485 g/mol. The van der Waals surface area contributed by atoms with E-state index in [9.17, 15) is 18.0 Å². The van der Waals surface area contributed by atoms with Crippen LogP contribution in [-0.4, -0.2) is 51.0 Å². The van der Waals surface area contributed by atoms with Gasteiger partial charge in [-0.15, -0.1) is 0 Å². The Hall–Kier alpha value is -2.29. The smallest absolute Gasteiger partial charge is 0.242 e. The number of halogens is 2. The van der Waals surface area contributed by atoms with Crippen molar-refractivity contribution in [1.82, 2.24) is 10.2 Å². The van der Waals surface area contributed by atoms with Crippen molar-refractivity contribution in [3.8, 4) is 0 Å². The Balaban J connectivity index is 2.15. The van der Waals surface area contributed by atoms with Gasteiger partial charge >= 0.3 is 0 Å². The maximum atomic E-state index is 13.1. The normalized spacial score (nSPS) is 12.2. The summed E-state index contributed by atoms with van der Waals surface area (Å²) in [6.45, 7) is 3.87. The van der Waals surface area contributed by atoms with E-state index in [4.69, 9.17) is 23.2 Å². The Kier molecular flexibility index (Phi) is 9.57. The van der Waals surface area contributed by atoms with E-state index in [0.29, 0.717) is 15.7 Å². The van der Waals surface area contributed by atoms with Gasteiger partial charge < -0.3 is 10.2 Å². The van der Waals surface area contributed by atoms with Gasteiger partial charge in [-0.2, -0.15) is 0 Å². The lowest BCUT2D eigenvalue weighted by Gasteiger charge is -2.29. The SMILES string of the molecule is CNC(=O)[C@@H](C)N(Cc1ccc(Cl)c(Cl)c1)C(=O)CCCN(c1ccc(C)cc1)S(C)(=O)=O. The molecule has 0 saturated carbocycles. The third-order valence-electron chi connectivity index (χ3n) is 5.22. The average molecular weight is 514 g/mol. The minimum absolute atomic E-state index is 0.0700. The molecule has 0 saturated heterocycles. The molecule has 2 amide bonds. The number of aryl methyl sites for hydroxylation is 1. The summed E-state index contributed by atoms with van der Waals surface area (Å²) in [6.07, 6.45) is 1.50. The van der Waals surface area contributed by atoms with Crippen LogP contribution in [0.25, 0.3) is 0 Å². The molecule has 0 bridgehead atoms. The van der Waals surface area contributed by atoms with Crippen molar-refractivity contribution in [1.29, 1.82) is 0 Å². The van der Waals surface area contributed by atoms with Gasteiger partial charge in [0.05, 0.1) is 22.0 Å². The zero-order valence-electron chi connectivity index (χ0n) is 19.1. The monoisotopic (exact) mass is 513 g/mol. The van der Waals surface area contributed by atoms with Crippen LogP contribution in [0.15, 0.2) is 42.5 Å². The first-order chi connectivity index (χ1) is 15.4. The summed E-state index contributed by atoms with van der Waals surface area (Å²) in [5.74, 6) is -0.574. The molecule has 7 nitrogen and oxygen atoms in total. The second kappa shape index (κ2) is 11.7. The van der Waals surface area contributed by atoms with Crippen molar-refractivity contribution >= 4 is 50.7 Å². The second-order valence-corrected chi connectivity index (χ2v) is 10.6. The fourth-order valence-electron chi connectivity index (χ4n) is 3.34. The minimum atomic E-state index is -3.52. The lowest BCUT2D eigenvalue weighted by molar-refractivity contribution is -0.140. The van der Waals surface area contributed by atoms with Crippen LogP contribution in [0, 0.1) is 6.92 Å². The topological polar surface area (TPSA) is 86.8 Å². The quantitative estimate of drug-likeness (QED) is 0.519. The number of carbonyl (C=O) groups is 2. The summed E-state index contributed by atoms with van der Waals surface area (Å²) < 4.78 is 25.9. The lowest BCUT2D eigenvalue weighted by Crippen LogP contribution is -2.46. The number of rotatable bonds is 10. The van der Waals surface area contributed by atoms with Gasteiger partial charge in [0, 0.05) is 26.6 Å². The maximum absolute atomic E-state index is 13.1. The number of hydrogen-bond donors (Lipinski definition) is 1. The third kappa shape index (κ3) is 7.62. The van der Waals surface area contributed by atoms with Gasteiger partial charge in [-0.1, -0.05) is 47.0 Å². The molecule has 2 rings (SSSR count). The highest BCUT2D eigenvalue weighted by Crippen LogP contribution is 2.24. The summed E-state index contributed by atoms with van der Waals surface area (Å²) in [5.41, 5.74) is 2.29. The van der Waals surface area contributed by atoms with Gasteiger partial charge in [0.2, 0.25) is 21.8 Å². The predicted molar refractivity (Wildman–Crippen MR) is 133 cm³/mol.